The Morgan fingerprint density at radius 1 is 0.757 bits per heavy atom. The van der Waals surface area contributed by atoms with Crippen molar-refractivity contribution < 1.29 is 9.59 Å². The van der Waals surface area contributed by atoms with Crippen LogP contribution in [0.3, 0.4) is 0 Å². The Morgan fingerprint density at radius 3 is 1.97 bits per heavy atom. The molecular formula is C31H28BrN3O2. The zero-order chi connectivity index (χ0) is 25.6. The van der Waals surface area contributed by atoms with Crippen molar-refractivity contribution in [1.82, 2.24) is 0 Å². The van der Waals surface area contributed by atoms with Crippen molar-refractivity contribution in [2.24, 2.45) is 5.92 Å². The second-order valence-corrected chi connectivity index (χ2v) is 10.1. The number of carbonyl (C=O) groups excluding carboxylic acids is 2. The van der Waals surface area contributed by atoms with Crippen LogP contribution in [-0.2, 0) is 22.7 Å². The highest BCUT2D eigenvalue weighted by molar-refractivity contribution is 9.10. The summed E-state index contributed by atoms with van der Waals surface area (Å²) in [5, 5.41) is 2.96. The van der Waals surface area contributed by atoms with E-state index in [0.717, 1.165) is 27.0 Å². The lowest BCUT2D eigenvalue weighted by atomic mass is 10.0. The number of halogens is 1. The van der Waals surface area contributed by atoms with E-state index in [-0.39, 0.29) is 18.2 Å². The van der Waals surface area contributed by atoms with Crippen LogP contribution in [0.15, 0.2) is 114 Å². The minimum absolute atomic E-state index is 0.0437. The van der Waals surface area contributed by atoms with Gasteiger partial charge in [-0.05, 0) is 47.5 Å². The number of para-hydroxylation sites is 2. The molecule has 5 nitrogen and oxygen atoms in total. The predicted molar refractivity (Wildman–Crippen MR) is 152 cm³/mol. The van der Waals surface area contributed by atoms with Gasteiger partial charge in [-0.2, -0.15) is 0 Å². The average Bonchev–Trinajstić information content (AvgIpc) is 3.02. The van der Waals surface area contributed by atoms with Gasteiger partial charge in [0.2, 0.25) is 11.8 Å². The first kappa shape index (κ1) is 24.8. The Bertz CT molecular complexity index is 1360. The Hall–Kier alpha value is -3.90. The van der Waals surface area contributed by atoms with Crippen molar-refractivity contribution in [3.8, 4) is 0 Å². The van der Waals surface area contributed by atoms with Crippen LogP contribution in [0.5, 0.6) is 0 Å². The van der Waals surface area contributed by atoms with Crippen molar-refractivity contribution >= 4 is 44.8 Å². The second-order valence-electron chi connectivity index (χ2n) is 9.22. The van der Waals surface area contributed by atoms with E-state index < -0.39 is 5.92 Å². The third-order valence-electron chi connectivity index (χ3n) is 6.53. The predicted octanol–water partition coefficient (Wildman–Crippen LogP) is 6.65. The van der Waals surface area contributed by atoms with E-state index in [0.29, 0.717) is 25.3 Å². The van der Waals surface area contributed by atoms with Gasteiger partial charge in [-0.25, -0.2) is 0 Å². The van der Waals surface area contributed by atoms with Crippen LogP contribution in [0.1, 0.15) is 17.5 Å². The number of hydrogen-bond donors (Lipinski definition) is 1. The zero-order valence-electron chi connectivity index (χ0n) is 20.4. The molecule has 4 aromatic carbocycles. The summed E-state index contributed by atoms with van der Waals surface area (Å²) in [5.41, 5.74) is 4.76. The van der Waals surface area contributed by atoms with Gasteiger partial charge in [0.15, 0.2) is 0 Å². The molecule has 0 spiro atoms. The summed E-state index contributed by atoms with van der Waals surface area (Å²) >= 11 is 3.42. The van der Waals surface area contributed by atoms with Gasteiger partial charge in [-0.15, -0.1) is 0 Å². The fraction of sp³-hybridized carbons (Fsp3) is 0.161. The van der Waals surface area contributed by atoms with Crippen LogP contribution in [0.4, 0.5) is 17.1 Å². The van der Waals surface area contributed by atoms with Crippen LogP contribution >= 0.6 is 15.9 Å². The van der Waals surface area contributed by atoms with Gasteiger partial charge in [-0.3, -0.25) is 9.59 Å². The summed E-state index contributed by atoms with van der Waals surface area (Å²) < 4.78 is 0.940. The first-order chi connectivity index (χ1) is 18.1. The number of rotatable bonds is 7. The van der Waals surface area contributed by atoms with Gasteiger partial charge in [0.05, 0.1) is 23.8 Å². The third-order valence-corrected chi connectivity index (χ3v) is 7.06. The number of benzene rings is 4. The van der Waals surface area contributed by atoms with Crippen LogP contribution in [-0.4, -0.2) is 18.4 Å². The van der Waals surface area contributed by atoms with E-state index in [2.05, 4.69) is 44.3 Å². The standard InChI is InChI=1S/C31H28BrN3O2/c32-26-15-17-27(18-16-26)33-30(36)19-25-22-34(20-23-9-3-1-4-10-23)28-13-7-8-14-29(28)35(31(25)37)21-24-11-5-2-6-12-24/h1-18,25H,19-22H2,(H,33,36). The van der Waals surface area contributed by atoms with Crippen LogP contribution in [0, 0.1) is 5.92 Å². The zero-order valence-corrected chi connectivity index (χ0v) is 22.0. The molecule has 6 heteroatoms. The van der Waals surface area contributed by atoms with Crippen molar-refractivity contribution in [2.75, 3.05) is 21.7 Å². The maximum absolute atomic E-state index is 14.1. The van der Waals surface area contributed by atoms with Gasteiger partial charge in [-0.1, -0.05) is 88.7 Å². The van der Waals surface area contributed by atoms with Gasteiger partial charge in [0, 0.05) is 29.7 Å². The van der Waals surface area contributed by atoms with Crippen LogP contribution in [0.2, 0.25) is 0 Å². The molecule has 1 aliphatic heterocycles. The van der Waals surface area contributed by atoms with E-state index in [1.54, 1.807) is 0 Å². The molecule has 0 saturated carbocycles. The number of fused-ring (bicyclic) bond motifs is 1. The van der Waals surface area contributed by atoms with E-state index in [1.807, 2.05) is 95.9 Å². The largest absolute Gasteiger partial charge is 0.365 e. The summed E-state index contributed by atoms with van der Waals surface area (Å²) in [4.78, 5) is 31.2. The van der Waals surface area contributed by atoms with Gasteiger partial charge in [0.1, 0.15) is 0 Å². The highest BCUT2D eigenvalue weighted by atomic mass is 79.9. The fourth-order valence-corrected chi connectivity index (χ4v) is 5.01. The second kappa shape index (κ2) is 11.4. The number of anilines is 3. The van der Waals surface area contributed by atoms with Crippen molar-refractivity contribution in [2.45, 2.75) is 19.5 Å². The Balaban J connectivity index is 1.47. The highest BCUT2D eigenvalue weighted by Crippen LogP contribution is 2.37. The highest BCUT2D eigenvalue weighted by Gasteiger charge is 2.35. The van der Waals surface area contributed by atoms with Gasteiger partial charge >= 0.3 is 0 Å². The molecular weight excluding hydrogens is 526 g/mol. The average molecular weight is 554 g/mol. The van der Waals surface area contributed by atoms with E-state index >= 15 is 0 Å². The summed E-state index contributed by atoms with van der Waals surface area (Å²) in [6.45, 7) is 1.54. The molecule has 0 radical (unpaired) electrons. The molecule has 4 aromatic rings. The Morgan fingerprint density at radius 2 is 1.32 bits per heavy atom. The lowest BCUT2D eigenvalue weighted by Gasteiger charge is -2.27. The first-order valence-corrected chi connectivity index (χ1v) is 13.1. The smallest absolute Gasteiger partial charge is 0.232 e. The molecule has 0 fully saturated rings. The Kier molecular flexibility index (Phi) is 7.66. The molecule has 1 aliphatic rings. The summed E-state index contributed by atoms with van der Waals surface area (Å²) in [7, 11) is 0. The molecule has 0 saturated heterocycles. The maximum Gasteiger partial charge on any atom is 0.232 e. The third kappa shape index (κ3) is 6.09. The van der Waals surface area contributed by atoms with E-state index in [1.165, 1.54) is 0 Å². The molecule has 1 atom stereocenters. The number of nitrogens with one attached hydrogen (secondary N) is 1. The molecule has 37 heavy (non-hydrogen) atoms. The number of hydrogen-bond acceptors (Lipinski definition) is 3. The lowest BCUT2D eigenvalue weighted by molar-refractivity contribution is -0.126. The molecule has 0 aromatic heterocycles. The molecule has 1 N–H and O–H groups in total. The van der Waals surface area contributed by atoms with Crippen molar-refractivity contribution in [3.63, 3.8) is 0 Å². The molecule has 186 valence electrons. The SMILES string of the molecule is O=C(CC1CN(Cc2ccccc2)c2ccccc2N(Cc2ccccc2)C1=O)Nc1ccc(Br)cc1. The molecule has 5 rings (SSSR count). The Labute approximate surface area is 225 Å². The van der Waals surface area contributed by atoms with E-state index in [9.17, 15) is 9.59 Å². The topological polar surface area (TPSA) is 52.7 Å². The van der Waals surface area contributed by atoms with Gasteiger partial charge < -0.3 is 15.1 Å². The summed E-state index contributed by atoms with van der Waals surface area (Å²) in [6, 6.07) is 35.7. The monoisotopic (exact) mass is 553 g/mol. The first-order valence-electron chi connectivity index (χ1n) is 12.4. The number of carbonyl (C=O) groups is 2. The van der Waals surface area contributed by atoms with Crippen LogP contribution < -0.4 is 15.1 Å². The lowest BCUT2D eigenvalue weighted by Crippen LogP contribution is -2.39. The number of nitrogens with zero attached hydrogens (tertiary/aromatic N) is 2. The normalized spacial score (nSPS) is 15.2. The number of amides is 2. The van der Waals surface area contributed by atoms with Crippen molar-refractivity contribution in [1.29, 1.82) is 0 Å². The van der Waals surface area contributed by atoms with Gasteiger partial charge in [0.25, 0.3) is 0 Å². The molecule has 0 bridgehead atoms. The minimum Gasteiger partial charge on any atom is -0.365 e. The molecule has 0 aliphatic carbocycles. The van der Waals surface area contributed by atoms with E-state index in [4.69, 9.17) is 0 Å². The maximum atomic E-state index is 14.1. The van der Waals surface area contributed by atoms with Crippen LogP contribution in [0.25, 0.3) is 0 Å². The minimum atomic E-state index is -0.504. The van der Waals surface area contributed by atoms with Crippen molar-refractivity contribution in [3.05, 3.63) is 125 Å². The molecule has 1 unspecified atom stereocenters. The summed E-state index contributed by atoms with van der Waals surface area (Å²) in [6.07, 6.45) is 0.0967. The summed E-state index contributed by atoms with van der Waals surface area (Å²) in [5.74, 6) is -0.723. The molecule has 2 amide bonds. The fourth-order valence-electron chi connectivity index (χ4n) is 4.74. The molecule has 1 heterocycles. The quantitative estimate of drug-likeness (QED) is 0.279.